The molecule has 2 aromatic carbocycles. The summed E-state index contributed by atoms with van der Waals surface area (Å²) >= 11 is 6.01. The fraction of sp³-hybridized carbons (Fsp3) is 0.300. The molecule has 0 aliphatic carbocycles. The first-order chi connectivity index (χ1) is 12.0. The second-order valence-electron chi connectivity index (χ2n) is 6.30. The van der Waals surface area contributed by atoms with E-state index in [4.69, 9.17) is 21.6 Å². The number of nitriles is 1. The molecule has 2 aromatic rings. The van der Waals surface area contributed by atoms with E-state index in [1.165, 1.54) is 0 Å². The molecule has 1 aliphatic heterocycles. The molecule has 0 atom stereocenters. The molecule has 0 bridgehead atoms. The molecule has 1 saturated heterocycles. The molecule has 1 heterocycles. The van der Waals surface area contributed by atoms with Crippen molar-refractivity contribution < 1.29 is 9.53 Å². The van der Waals surface area contributed by atoms with Gasteiger partial charge in [0.15, 0.2) is 0 Å². The highest BCUT2D eigenvalue weighted by Gasteiger charge is 2.36. The molecule has 0 radical (unpaired) electrons. The zero-order valence-corrected chi connectivity index (χ0v) is 14.8. The van der Waals surface area contributed by atoms with Gasteiger partial charge in [-0.3, -0.25) is 4.79 Å². The fourth-order valence-electron chi connectivity index (χ4n) is 3.25. The molecular weight excluding hydrogens is 336 g/mol. The Morgan fingerprint density at radius 2 is 1.88 bits per heavy atom. The molecule has 1 aliphatic rings. The van der Waals surface area contributed by atoms with Crippen molar-refractivity contribution in [3.8, 4) is 6.07 Å². The van der Waals surface area contributed by atoms with Crippen molar-refractivity contribution in [1.82, 2.24) is 5.32 Å². The zero-order valence-electron chi connectivity index (χ0n) is 14.0. The molecule has 1 amide bonds. The molecule has 0 unspecified atom stereocenters. The number of rotatable bonds is 3. The summed E-state index contributed by atoms with van der Waals surface area (Å²) in [6, 6.07) is 14.8. The number of benzene rings is 2. The summed E-state index contributed by atoms with van der Waals surface area (Å²) in [6.07, 6.45) is 1.41. The van der Waals surface area contributed by atoms with Gasteiger partial charge >= 0.3 is 0 Å². The van der Waals surface area contributed by atoms with Crippen LogP contribution in [0.3, 0.4) is 0 Å². The van der Waals surface area contributed by atoms with Gasteiger partial charge in [0.2, 0.25) is 0 Å². The van der Waals surface area contributed by atoms with Gasteiger partial charge in [-0.05, 0) is 61.2 Å². The molecule has 0 aromatic heterocycles. The number of hydrogen-bond acceptors (Lipinski definition) is 3. The van der Waals surface area contributed by atoms with Gasteiger partial charge in [0.1, 0.15) is 0 Å². The Balaban J connectivity index is 1.92. The van der Waals surface area contributed by atoms with Crippen molar-refractivity contribution >= 4 is 17.5 Å². The number of halogens is 1. The fourth-order valence-corrected chi connectivity index (χ4v) is 3.37. The first-order valence-electron chi connectivity index (χ1n) is 8.21. The van der Waals surface area contributed by atoms with Crippen LogP contribution in [0.1, 0.15) is 39.9 Å². The molecule has 1 fully saturated rings. The van der Waals surface area contributed by atoms with E-state index < -0.39 is 5.54 Å². The standard InChI is InChI=1S/C20H19ClN2O2/c1-14-12-15(13-22)2-7-18(14)19(24)23-20(8-10-25-11-9-20)16-3-5-17(21)6-4-16/h2-7,12H,8-11H2,1H3,(H,23,24). The lowest BCUT2D eigenvalue weighted by Gasteiger charge is -2.38. The van der Waals surface area contributed by atoms with Crippen molar-refractivity contribution in [3.63, 3.8) is 0 Å². The number of nitrogens with one attached hydrogen (secondary N) is 1. The van der Waals surface area contributed by atoms with E-state index in [0.29, 0.717) is 42.2 Å². The van der Waals surface area contributed by atoms with E-state index in [9.17, 15) is 4.79 Å². The maximum atomic E-state index is 12.9. The minimum atomic E-state index is -0.472. The molecule has 0 saturated carbocycles. The summed E-state index contributed by atoms with van der Waals surface area (Å²) in [5.41, 5.74) is 2.47. The van der Waals surface area contributed by atoms with Gasteiger partial charge < -0.3 is 10.1 Å². The number of amides is 1. The van der Waals surface area contributed by atoms with Gasteiger partial charge in [-0.1, -0.05) is 23.7 Å². The van der Waals surface area contributed by atoms with E-state index in [1.807, 2.05) is 31.2 Å². The first kappa shape index (κ1) is 17.5. The molecular formula is C20H19ClN2O2. The molecule has 128 valence electrons. The van der Waals surface area contributed by atoms with Crippen LogP contribution >= 0.6 is 11.6 Å². The van der Waals surface area contributed by atoms with Gasteiger partial charge in [0.25, 0.3) is 5.91 Å². The van der Waals surface area contributed by atoms with Crippen LogP contribution in [0, 0.1) is 18.3 Å². The van der Waals surface area contributed by atoms with Gasteiger partial charge in [-0.25, -0.2) is 0 Å². The largest absolute Gasteiger partial charge is 0.381 e. The Bertz CT molecular complexity index is 819. The predicted molar refractivity (Wildman–Crippen MR) is 96.5 cm³/mol. The quantitative estimate of drug-likeness (QED) is 0.907. The average Bonchev–Trinajstić information content (AvgIpc) is 2.62. The summed E-state index contributed by atoms with van der Waals surface area (Å²) < 4.78 is 5.50. The number of carbonyl (C=O) groups excluding carboxylic acids is 1. The monoisotopic (exact) mass is 354 g/mol. The van der Waals surface area contributed by atoms with Gasteiger partial charge in [-0.15, -0.1) is 0 Å². The molecule has 0 spiro atoms. The topological polar surface area (TPSA) is 62.1 Å². The molecule has 5 heteroatoms. The van der Waals surface area contributed by atoms with Crippen molar-refractivity contribution in [1.29, 1.82) is 5.26 Å². The normalized spacial score (nSPS) is 16.0. The third-order valence-corrected chi connectivity index (χ3v) is 4.95. The van der Waals surface area contributed by atoms with Crippen LogP contribution in [-0.2, 0) is 10.3 Å². The number of aryl methyl sites for hydroxylation is 1. The highest BCUT2D eigenvalue weighted by molar-refractivity contribution is 6.30. The number of ether oxygens (including phenoxy) is 1. The Hall–Kier alpha value is -2.35. The lowest BCUT2D eigenvalue weighted by molar-refractivity contribution is 0.0345. The summed E-state index contributed by atoms with van der Waals surface area (Å²) in [4.78, 5) is 12.9. The third kappa shape index (κ3) is 3.68. The summed E-state index contributed by atoms with van der Waals surface area (Å²) in [6.45, 7) is 3.03. The lowest BCUT2D eigenvalue weighted by Crippen LogP contribution is -2.49. The summed E-state index contributed by atoms with van der Waals surface area (Å²) in [7, 11) is 0. The van der Waals surface area contributed by atoms with Gasteiger partial charge in [0.05, 0.1) is 17.2 Å². The SMILES string of the molecule is Cc1cc(C#N)ccc1C(=O)NC1(c2ccc(Cl)cc2)CCOCC1. The van der Waals surface area contributed by atoms with Crippen molar-refractivity contribution in [2.24, 2.45) is 0 Å². The highest BCUT2D eigenvalue weighted by Crippen LogP contribution is 2.33. The minimum absolute atomic E-state index is 0.140. The second-order valence-corrected chi connectivity index (χ2v) is 6.73. The molecule has 3 rings (SSSR count). The Labute approximate surface area is 152 Å². The van der Waals surface area contributed by atoms with E-state index in [-0.39, 0.29) is 5.91 Å². The smallest absolute Gasteiger partial charge is 0.252 e. The van der Waals surface area contributed by atoms with E-state index in [1.54, 1.807) is 18.2 Å². The van der Waals surface area contributed by atoms with Crippen LogP contribution in [-0.4, -0.2) is 19.1 Å². The maximum absolute atomic E-state index is 12.9. The molecule has 1 N–H and O–H groups in total. The number of hydrogen-bond donors (Lipinski definition) is 1. The van der Waals surface area contributed by atoms with Crippen LogP contribution in [0.15, 0.2) is 42.5 Å². The lowest BCUT2D eigenvalue weighted by atomic mass is 9.82. The summed E-state index contributed by atoms with van der Waals surface area (Å²) in [5.74, 6) is -0.140. The molecule has 4 nitrogen and oxygen atoms in total. The highest BCUT2D eigenvalue weighted by atomic mass is 35.5. The Morgan fingerprint density at radius 1 is 1.20 bits per heavy atom. The van der Waals surface area contributed by atoms with Crippen LogP contribution < -0.4 is 5.32 Å². The van der Waals surface area contributed by atoms with Gasteiger partial charge in [0, 0.05) is 23.8 Å². The molecule has 25 heavy (non-hydrogen) atoms. The third-order valence-electron chi connectivity index (χ3n) is 4.70. The van der Waals surface area contributed by atoms with Crippen molar-refractivity contribution in [2.45, 2.75) is 25.3 Å². The zero-order chi connectivity index (χ0) is 17.9. The summed E-state index contributed by atoms with van der Waals surface area (Å²) in [5, 5.41) is 12.9. The van der Waals surface area contributed by atoms with Crippen molar-refractivity contribution in [2.75, 3.05) is 13.2 Å². The number of carbonyl (C=O) groups is 1. The number of nitrogens with zero attached hydrogens (tertiary/aromatic N) is 1. The van der Waals surface area contributed by atoms with E-state index in [0.717, 1.165) is 11.1 Å². The van der Waals surface area contributed by atoms with Crippen LogP contribution in [0.4, 0.5) is 0 Å². The minimum Gasteiger partial charge on any atom is -0.381 e. The predicted octanol–water partition coefficient (Wildman–Crippen LogP) is 3.96. The van der Waals surface area contributed by atoms with Gasteiger partial charge in [-0.2, -0.15) is 5.26 Å². The van der Waals surface area contributed by atoms with Crippen LogP contribution in [0.5, 0.6) is 0 Å². The first-order valence-corrected chi connectivity index (χ1v) is 8.59. The van der Waals surface area contributed by atoms with Crippen LogP contribution in [0.25, 0.3) is 0 Å². The Kier molecular flexibility index (Phi) is 5.08. The van der Waals surface area contributed by atoms with E-state index in [2.05, 4.69) is 11.4 Å². The van der Waals surface area contributed by atoms with E-state index >= 15 is 0 Å². The Morgan fingerprint density at radius 3 is 2.48 bits per heavy atom. The van der Waals surface area contributed by atoms with Crippen LogP contribution in [0.2, 0.25) is 5.02 Å². The maximum Gasteiger partial charge on any atom is 0.252 e. The average molecular weight is 355 g/mol. The second kappa shape index (κ2) is 7.26. The van der Waals surface area contributed by atoms with Crippen molar-refractivity contribution in [3.05, 3.63) is 69.7 Å².